The van der Waals surface area contributed by atoms with Gasteiger partial charge in [0.25, 0.3) is 0 Å². The molecule has 0 heterocycles. The van der Waals surface area contributed by atoms with E-state index in [4.69, 9.17) is 0 Å². The topological polar surface area (TPSA) is 19.9 Å². The van der Waals surface area contributed by atoms with Crippen molar-refractivity contribution in [1.82, 2.24) is 0 Å². The average Bonchev–Trinajstić information content (AvgIpc) is 1.69. The van der Waals surface area contributed by atoms with Gasteiger partial charge in [-0.15, -0.1) is 11.8 Å². The van der Waals surface area contributed by atoms with Crippen LogP contribution in [0.5, 0.6) is 0 Å². The lowest BCUT2D eigenvalue weighted by Crippen LogP contribution is -1.75. The van der Waals surface area contributed by atoms with E-state index in [1.54, 1.807) is 6.92 Å². The minimum Gasteiger partial charge on any atom is -0.237 e. The Bertz CT molecular complexity index is 75.9. The normalized spacial score (nSPS) is 7.14. The molecule has 0 aromatic rings. The van der Waals surface area contributed by atoms with Crippen molar-refractivity contribution < 1.29 is 5.11 Å². The van der Waals surface area contributed by atoms with Crippen LogP contribution < -0.4 is 0 Å². The fraction of sp³-hybridized carbons (Fsp3) is 0.667. The molecular formula is C6H9O. The van der Waals surface area contributed by atoms with E-state index in [-0.39, 0.29) is 6.61 Å². The summed E-state index contributed by atoms with van der Waals surface area (Å²) in [6.45, 7) is 1.79. The third-order valence-electron chi connectivity index (χ3n) is 0.623. The van der Waals surface area contributed by atoms with Gasteiger partial charge in [0.05, 0.1) is 6.61 Å². The molecule has 0 aromatic heterocycles. The van der Waals surface area contributed by atoms with Gasteiger partial charge in [0.2, 0.25) is 0 Å². The van der Waals surface area contributed by atoms with Gasteiger partial charge in [0.15, 0.2) is 0 Å². The van der Waals surface area contributed by atoms with Crippen LogP contribution in [0.1, 0.15) is 19.8 Å². The second-order valence-corrected chi connectivity index (χ2v) is 1.23. The largest absolute Gasteiger partial charge is 0.237 e. The Balaban J connectivity index is 2.78. The van der Waals surface area contributed by atoms with Crippen LogP contribution in [0.25, 0.3) is 0 Å². The molecule has 0 unspecified atom stereocenters. The van der Waals surface area contributed by atoms with E-state index >= 15 is 0 Å². The highest BCUT2D eigenvalue weighted by Gasteiger charge is 1.75. The first-order valence-corrected chi connectivity index (χ1v) is 2.39. The zero-order valence-corrected chi connectivity index (χ0v) is 4.53. The zero-order valence-electron chi connectivity index (χ0n) is 4.53. The highest BCUT2D eigenvalue weighted by molar-refractivity contribution is 4.94. The highest BCUT2D eigenvalue weighted by atomic mass is 16.2. The molecular weight excluding hydrogens is 88.1 g/mol. The monoisotopic (exact) mass is 97.1 g/mol. The first kappa shape index (κ1) is 6.52. The van der Waals surface area contributed by atoms with Crippen molar-refractivity contribution in [3.63, 3.8) is 0 Å². The van der Waals surface area contributed by atoms with E-state index in [2.05, 4.69) is 11.8 Å². The Morgan fingerprint density at radius 2 is 2.29 bits per heavy atom. The standard InChI is InChI=1S/C6H9O/c1-2-3-4-5-6-7/h4-6H2,1H3. The van der Waals surface area contributed by atoms with Crippen LogP contribution >= 0.6 is 0 Å². The summed E-state index contributed by atoms with van der Waals surface area (Å²) < 4.78 is 0. The summed E-state index contributed by atoms with van der Waals surface area (Å²) in [5.74, 6) is 5.51. The lowest BCUT2D eigenvalue weighted by Gasteiger charge is -1.78. The molecule has 39 valence electrons. The summed E-state index contributed by atoms with van der Waals surface area (Å²) in [7, 11) is 0. The Morgan fingerprint density at radius 3 is 2.71 bits per heavy atom. The van der Waals surface area contributed by atoms with Crippen molar-refractivity contribution >= 4 is 0 Å². The van der Waals surface area contributed by atoms with Crippen LogP contribution in [-0.4, -0.2) is 6.61 Å². The SMILES string of the molecule is CC#CCCC[O]. The first-order valence-electron chi connectivity index (χ1n) is 2.39. The van der Waals surface area contributed by atoms with Crippen molar-refractivity contribution in [2.45, 2.75) is 19.8 Å². The molecule has 7 heavy (non-hydrogen) atoms. The zero-order chi connectivity index (χ0) is 5.54. The molecule has 0 aliphatic rings. The van der Waals surface area contributed by atoms with Crippen LogP contribution in [0.2, 0.25) is 0 Å². The van der Waals surface area contributed by atoms with Gasteiger partial charge >= 0.3 is 0 Å². The van der Waals surface area contributed by atoms with Gasteiger partial charge in [-0.2, -0.15) is 0 Å². The van der Waals surface area contributed by atoms with Crippen LogP contribution in [0.3, 0.4) is 0 Å². The second-order valence-electron chi connectivity index (χ2n) is 1.23. The van der Waals surface area contributed by atoms with Gasteiger partial charge in [0.1, 0.15) is 0 Å². The summed E-state index contributed by atoms with van der Waals surface area (Å²) in [5, 5.41) is 9.74. The molecule has 0 atom stereocenters. The van der Waals surface area contributed by atoms with Crippen LogP contribution in [0.15, 0.2) is 0 Å². The molecule has 0 aliphatic carbocycles. The van der Waals surface area contributed by atoms with E-state index < -0.39 is 0 Å². The molecule has 0 spiro atoms. The van der Waals surface area contributed by atoms with Gasteiger partial charge in [-0.1, -0.05) is 0 Å². The molecule has 0 aromatic carbocycles. The molecule has 1 heteroatoms. The third-order valence-corrected chi connectivity index (χ3v) is 0.623. The summed E-state index contributed by atoms with van der Waals surface area (Å²) >= 11 is 0. The van der Waals surface area contributed by atoms with Gasteiger partial charge in [-0.3, -0.25) is 0 Å². The van der Waals surface area contributed by atoms with E-state index in [0.29, 0.717) is 6.42 Å². The average molecular weight is 97.1 g/mol. The smallest absolute Gasteiger partial charge is 0.0831 e. The summed E-state index contributed by atoms with van der Waals surface area (Å²) in [6, 6.07) is 0. The van der Waals surface area contributed by atoms with Crippen LogP contribution in [0, 0.1) is 11.8 Å². The predicted octanol–water partition coefficient (Wildman–Crippen LogP) is 1.22. The second kappa shape index (κ2) is 5.52. The van der Waals surface area contributed by atoms with Gasteiger partial charge < -0.3 is 0 Å². The van der Waals surface area contributed by atoms with Crippen LogP contribution in [-0.2, 0) is 5.11 Å². The molecule has 0 fully saturated rings. The maximum absolute atomic E-state index is 9.74. The van der Waals surface area contributed by atoms with Crippen LogP contribution in [0.4, 0.5) is 0 Å². The Labute approximate surface area is 44.4 Å². The van der Waals surface area contributed by atoms with Crippen molar-refractivity contribution in [3.8, 4) is 11.8 Å². The van der Waals surface area contributed by atoms with E-state index in [1.807, 2.05) is 0 Å². The molecule has 0 bridgehead atoms. The van der Waals surface area contributed by atoms with E-state index in [9.17, 15) is 5.11 Å². The van der Waals surface area contributed by atoms with Gasteiger partial charge in [-0.25, -0.2) is 5.11 Å². The molecule has 0 rings (SSSR count). The lowest BCUT2D eigenvalue weighted by molar-refractivity contribution is 0.190. The maximum Gasteiger partial charge on any atom is 0.0831 e. The van der Waals surface area contributed by atoms with E-state index in [1.165, 1.54) is 0 Å². The Kier molecular flexibility index (Phi) is 5.14. The fourth-order valence-electron chi connectivity index (χ4n) is 0.286. The quantitative estimate of drug-likeness (QED) is 0.364. The third kappa shape index (κ3) is 5.52. The lowest BCUT2D eigenvalue weighted by atomic mass is 10.3. The molecule has 0 amide bonds. The molecule has 0 saturated heterocycles. The molecule has 0 aliphatic heterocycles. The molecule has 1 radical (unpaired) electrons. The first-order chi connectivity index (χ1) is 3.41. The number of rotatable bonds is 2. The van der Waals surface area contributed by atoms with Crippen molar-refractivity contribution in [2.24, 2.45) is 0 Å². The molecule has 0 N–H and O–H groups in total. The van der Waals surface area contributed by atoms with Gasteiger partial charge in [-0.05, 0) is 13.3 Å². The van der Waals surface area contributed by atoms with Crippen molar-refractivity contribution in [3.05, 3.63) is 0 Å². The molecule has 1 nitrogen and oxygen atoms in total. The van der Waals surface area contributed by atoms with Crippen molar-refractivity contribution in [2.75, 3.05) is 6.61 Å². The van der Waals surface area contributed by atoms with Gasteiger partial charge in [0, 0.05) is 6.42 Å². The fourth-order valence-corrected chi connectivity index (χ4v) is 0.286. The van der Waals surface area contributed by atoms with E-state index in [0.717, 1.165) is 6.42 Å². The summed E-state index contributed by atoms with van der Waals surface area (Å²) in [4.78, 5) is 0. The van der Waals surface area contributed by atoms with Crippen molar-refractivity contribution in [1.29, 1.82) is 0 Å². The minimum atomic E-state index is 0.00861. The Hall–Kier alpha value is -0.480. The number of hydrogen-bond donors (Lipinski definition) is 0. The highest BCUT2D eigenvalue weighted by Crippen LogP contribution is 1.81. The number of hydrogen-bond acceptors (Lipinski definition) is 0. The predicted molar refractivity (Wildman–Crippen MR) is 28.2 cm³/mol. The summed E-state index contributed by atoms with van der Waals surface area (Å²) in [6.07, 6.45) is 1.46. The Morgan fingerprint density at radius 1 is 1.57 bits per heavy atom. The number of unbranched alkanes of at least 4 members (excludes halogenated alkanes) is 1. The minimum absolute atomic E-state index is 0.00861. The molecule has 0 saturated carbocycles. The maximum atomic E-state index is 9.74. The summed E-state index contributed by atoms with van der Waals surface area (Å²) in [5.41, 5.74) is 0.